The highest BCUT2D eigenvalue weighted by Crippen LogP contribution is 2.36. The lowest BCUT2D eigenvalue weighted by Gasteiger charge is -2.17. The summed E-state index contributed by atoms with van der Waals surface area (Å²) in [7, 11) is 0. The Morgan fingerprint density at radius 2 is 0.460 bits per heavy atom. The second kappa shape index (κ2) is 29.3. The molecule has 0 saturated heterocycles. The van der Waals surface area contributed by atoms with E-state index in [1.807, 2.05) is 0 Å². The van der Waals surface area contributed by atoms with Crippen molar-refractivity contribution in [2.75, 3.05) is 0 Å². The van der Waals surface area contributed by atoms with Crippen molar-refractivity contribution in [3.05, 3.63) is 83.9 Å². The molecule has 0 aliphatic carbocycles. The molecule has 0 heterocycles. The van der Waals surface area contributed by atoms with Crippen molar-refractivity contribution in [1.29, 1.82) is 0 Å². The lowest BCUT2D eigenvalue weighted by molar-refractivity contribution is 0.535. The molecular formula is C50H78. The Kier molecular flexibility index (Phi) is 24.6. The Hall–Kier alpha value is -2.34. The third kappa shape index (κ3) is 18.2. The van der Waals surface area contributed by atoms with Crippen molar-refractivity contribution in [1.82, 2.24) is 0 Å². The second-order valence-electron chi connectivity index (χ2n) is 15.6. The van der Waals surface area contributed by atoms with Crippen molar-refractivity contribution in [3.8, 4) is 22.3 Å². The topological polar surface area (TPSA) is 0 Å². The normalized spacial score (nSPS) is 11.4. The first kappa shape index (κ1) is 42.1. The van der Waals surface area contributed by atoms with Crippen LogP contribution in [0.2, 0.25) is 0 Å². The molecule has 0 saturated carbocycles. The van der Waals surface area contributed by atoms with Crippen LogP contribution in [0.25, 0.3) is 22.3 Å². The maximum Gasteiger partial charge on any atom is -0.0103 e. The summed E-state index contributed by atoms with van der Waals surface area (Å²) in [6.07, 6.45) is 42.0. The van der Waals surface area contributed by atoms with E-state index >= 15 is 0 Å². The summed E-state index contributed by atoms with van der Waals surface area (Å²) in [6, 6.07) is 27.7. The van der Waals surface area contributed by atoms with Gasteiger partial charge in [-0.25, -0.2) is 0 Å². The van der Waals surface area contributed by atoms with Crippen LogP contribution < -0.4 is 0 Å². The quantitative estimate of drug-likeness (QED) is 0.0577. The molecule has 0 radical (unpaired) electrons. The van der Waals surface area contributed by atoms with Gasteiger partial charge in [-0.3, -0.25) is 0 Å². The van der Waals surface area contributed by atoms with Crippen LogP contribution in [-0.2, 0) is 12.8 Å². The first-order valence-electron chi connectivity index (χ1n) is 22.1. The first-order chi connectivity index (χ1) is 24.8. The van der Waals surface area contributed by atoms with Gasteiger partial charge in [0.05, 0.1) is 0 Å². The van der Waals surface area contributed by atoms with Gasteiger partial charge in [0.25, 0.3) is 0 Å². The monoisotopic (exact) mass is 679 g/mol. The van der Waals surface area contributed by atoms with E-state index in [0.717, 1.165) is 0 Å². The van der Waals surface area contributed by atoms with E-state index in [-0.39, 0.29) is 0 Å². The fourth-order valence-corrected chi connectivity index (χ4v) is 7.97. The number of hydrogen-bond acceptors (Lipinski definition) is 0. The summed E-state index contributed by atoms with van der Waals surface area (Å²) >= 11 is 0. The molecule has 0 aliphatic heterocycles. The summed E-state index contributed by atoms with van der Waals surface area (Å²) in [5.41, 5.74) is 8.71. The van der Waals surface area contributed by atoms with Gasteiger partial charge in [0.2, 0.25) is 0 Å². The average Bonchev–Trinajstić information content (AvgIpc) is 3.15. The molecule has 0 N–H and O–H groups in total. The predicted molar refractivity (Wildman–Crippen MR) is 225 cm³/mol. The van der Waals surface area contributed by atoms with Gasteiger partial charge in [-0.2, -0.15) is 0 Å². The summed E-state index contributed by atoms with van der Waals surface area (Å²) in [4.78, 5) is 0. The molecule has 0 nitrogen and oxygen atoms in total. The molecule has 0 fully saturated rings. The minimum absolute atomic E-state index is 1.18. The van der Waals surface area contributed by atoms with Crippen LogP contribution in [0.3, 0.4) is 0 Å². The smallest absolute Gasteiger partial charge is 0.0103 e. The van der Waals surface area contributed by atoms with Gasteiger partial charge in [0.1, 0.15) is 0 Å². The van der Waals surface area contributed by atoms with Crippen LogP contribution in [0.15, 0.2) is 72.8 Å². The van der Waals surface area contributed by atoms with Gasteiger partial charge in [0, 0.05) is 0 Å². The van der Waals surface area contributed by atoms with Crippen LogP contribution >= 0.6 is 0 Å². The zero-order chi connectivity index (χ0) is 35.2. The molecule has 0 aliphatic rings. The van der Waals surface area contributed by atoms with Gasteiger partial charge < -0.3 is 0 Å². The standard InChI is InChI=1S/C50H78/c1-3-5-7-9-11-13-15-17-19-21-23-25-27-29-37-45-39-31-33-41-47(45)49-43-35-36-44-50(49)48-42-34-32-40-46(48)38-30-28-26-24-22-20-18-16-14-12-10-8-6-4-2/h31-36,39-44H,3-30,37-38H2,1-2H3. The maximum absolute atomic E-state index is 2.38. The Balaban J connectivity index is 1.38. The largest absolute Gasteiger partial charge is 0.0654 e. The van der Waals surface area contributed by atoms with Crippen molar-refractivity contribution < 1.29 is 0 Å². The SMILES string of the molecule is CCCCCCCCCCCCCCCCc1ccccc1-c1ccccc1-c1ccccc1CCCCCCCCCCCCCCCC. The molecule has 0 spiro atoms. The van der Waals surface area contributed by atoms with Gasteiger partial charge in [-0.05, 0) is 59.1 Å². The molecule has 278 valence electrons. The number of unbranched alkanes of at least 4 members (excludes halogenated alkanes) is 26. The molecule has 50 heavy (non-hydrogen) atoms. The Labute approximate surface area is 311 Å². The van der Waals surface area contributed by atoms with Crippen molar-refractivity contribution in [3.63, 3.8) is 0 Å². The summed E-state index contributed by atoms with van der Waals surface area (Å²) < 4.78 is 0. The number of hydrogen-bond donors (Lipinski definition) is 0. The summed E-state index contributed by atoms with van der Waals surface area (Å²) in [5.74, 6) is 0. The van der Waals surface area contributed by atoms with Gasteiger partial charge in [0.15, 0.2) is 0 Å². The van der Waals surface area contributed by atoms with E-state index in [0.29, 0.717) is 0 Å². The van der Waals surface area contributed by atoms with E-state index in [1.54, 1.807) is 0 Å². The van der Waals surface area contributed by atoms with Crippen LogP contribution in [0, 0.1) is 0 Å². The molecule has 0 unspecified atom stereocenters. The molecule has 0 amide bonds. The molecule has 0 atom stereocenters. The second-order valence-corrected chi connectivity index (χ2v) is 15.6. The van der Waals surface area contributed by atoms with E-state index in [9.17, 15) is 0 Å². The van der Waals surface area contributed by atoms with Crippen LogP contribution in [0.1, 0.15) is 205 Å². The van der Waals surface area contributed by atoms with Crippen molar-refractivity contribution in [2.45, 2.75) is 206 Å². The minimum atomic E-state index is 1.18. The Bertz CT molecular complexity index is 1110. The molecule has 0 heteroatoms. The molecule has 3 rings (SSSR count). The highest BCUT2D eigenvalue weighted by atomic mass is 14.2. The number of aryl methyl sites for hydroxylation is 2. The third-order valence-electron chi connectivity index (χ3n) is 11.1. The first-order valence-corrected chi connectivity index (χ1v) is 22.1. The maximum atomic E-state index is 2.38. The fourth-order valence-electron chi connectivity index (χ4n) is 7.97. The Morgan fingerprint density at radius 3 is 0.740 bits per heavy atom. The summed E-state index contributed by atoms with van der Waals surface area (Å²) in [5, 5.41) is 0. The van der Waals surface area contributed by atoms with Gasteiger partial charge >= 0.3 is 0 Å². The van der Waals surface area contributed by atoms with Crippen LogP contribution in [0.5, 0.6) is 0 Å². The third-order valence-corrected chi connectivity index (χ3v) is 11.1. The predicted octanol–water partition coefficient (Wildman–Crippen LogP) is 17.1. The minimum Gasteiger partial charge on any atom is -0.0654 e. The van der Waals surface area contributed by atoms with Gasteiger partial charge in [-0.15, -0.1) is 0 Å². The highest BCUT2D eigenvalue weighted by Gasteiger charge is 2.13. The molecule has 0 aromatic heterocycles. The number of benzene rings is 3. The van der Waals surface area contributed by atoms with Crippen molar-refractivity contribution >= 4 is 0 Å². The Morgan fingerprint density at radius 1 is 0.240 bits per heavy atom. The lowest BCUT2D eigenvalue weighted by Crippen LogP contribution is -1.96. The zero-order valence-electron chi connectivity index (χ0n) is 33.1. The van der Waals surface area contributed by atoms with E-state index in [4.69, 9.17) is 0 Å². The average molecular weight is 679 g/mol. The molecular weight excluding hydrogens is 601 g/mol. The number of rotatable bonds is 32. The van der Waals surface area contributed by atoms with E-state index < -0.39 is 0 Å². The lowest BCUT2D eigenvalue weighted by atomic mass is 9.87. The van der Waals surface area contributed by atoms with E-state index in [2.05, 4.69) is 86.6 Å². The van der Waals surface area contributed by atoms with E-state index in [1.165, 1.54) is 226 Å². The fraction of sp³-hybridized carbons (Fsp3) is 0.640. The van der Waals surface area contributed by atoms with Gasteiger partial charge in [-0.1, -0.05) is 254 Å². The highest BCUT2D eigenvalue weighted by molar-refractivity contribution is 5.86. The zero-order valence-corrected chi connectivity index (χ0v) is 33.1. The molecule has 3 aromatic carbocycles. The van der Waals surface area contributed by atoms with Crippen LogP contribution in [-0.4, -0.2) is 0 Å². The summed E-state index contributed by atoms with van der Waals surface area (Å²) in [6.45, 7) is 4.61. The molecule has 0 bridgehead atoms. The van der Waals surface area contributed by atoms with Crippen molar-refractivity contribution in [2.24, 2.45) is 0 Å². The molecule has 3 aromatic rings. The van der Waals surface area contributed by atoms with Crippen LogP contribution in [0.4, 0.5) is 0 Å².